The molecule has 0 aliphatic carbocycles. The minimum atomic E-state index is -3.59. The average molecular weight is 423 g/mol. The number of hydrogen-bond acceptors (Lipinski definition) is 5. The van der Waals surface area contributed by atoms with Gasteiger partial charge in [-0.3, -0.25) is 9.10 Å². The predicted octanol–water partition coefficient (Wildman–Crippen LogP) is 2.99. The van der Waals surface area contributed by atoms with Crippen LogP contribution in [0.1, 0.15) is 11.1 Å². The fraction of sp³-hybridized carbons (Fsp3) is 0.350. The number of carbonyl (C=O) groups is 1. The number of benzene rings is 2. The Bertz CT molecular complexity index is 930. The van der Waals surface area contributed by atoms with Gasteiger partial charge in [-0.05, 0) is 55.5 Å². The zero-order valence-electron chi connectivity index (χ0n) is 16.6. The van der Waals surface area contributed by atoms with Crippen molar-refractivity contribution in [1.29, 1.82) is 0 Å². The summed E-state index contributed by atoms with van der Waals surface area (Å²) in [5.41, 5.74) is 2.59. The van der Waals surface area contributed by atoms with Crippen LogP contribution < -0.4 is 14.4 Å². The quantitative estimate of drug-likeness (QED) is 0.497. The summed E-state index contributed by atoms with van der Waals surface area (Å²) in [5, 5.41) is 2.71. The van der Waals surface area contributed by atoms with Crippen molar-refractivity contribution in [3.8, 4) is 5.75 Å². The number of nitrogens with one attached hydrogen (secondary N) is 1. The van der Waals surface area contributed by atoms with E-state index in [-0.39, 0.29) is 19.0 Å². The van der Waals surface area contributed by atoms with Crippen LogP contribution in [0.3, 0.4) is 0 Å². The first-order valence-corrected chi connectivity index (χ1v) is 11.9. The van der Waals surface area contributed by atoms with Crippen LogP contribution >= 0.6 is 11.8 Å². The van der Waals surface area contributed by atoms with Crippen molar-refractivity contribution >= 4 is 33.4 Å². The van der Waals surface area contributed by atoms with Gasteiger partial charge in [0.25, 0.3) is 0 Å². The lowest BCUT2D eigenvalue weighted by Crippen LogP contribution is -2.41. The second-order valence-corrected chi connectivity index (χ2v) is 9.22. The standard InChI is InChI=1S/C20H26N2O4S2/c1-15-8-9-16(2)19(12-15)26-11-10-21-20(23)14-22(28(4,24)25)17-6-5-7-18(13-17)27-3/h5-9,12-13H,10-11,14H2,1-4H3,(H,21,23). The highest BCUT2D eigenvalue weighted by Crippen LogP contribution is 2.23. The van der Waals surface area contributed by atoms with E-state index < -0.39 is 10.0 Å². The lowest BCUT2D eigenvalue weighted by atomic mass is 10.1. The first-order valence-electron chi connectivity index (χ1n) is 8.79. The molecule has 0 heterocycles. The molecule has 6 nitrogen and oxygen atoms in total. The number of ether oxygens (including phenoxy) is 1. The Morgan fingerprint density at radius 2 is 1.93 bits per heavy atom. The fourth-order valence-electron chi connectivity index (χ4n) is 2.57. The third kappa shape index (κ3) is 6.45. The molecule has 0 radical (unpaired) electrons. The molecule has 28 heavy (non-hydrogen) atoms. The normalized spacial score (nSPS) is 11.1. The second-order valence-electron chi connectivity index (χ2n) is 6.44. The van der Waals surface area contributed by atoms with Gasteiger partial charge in [0.1, 0.15) is 18.9 Å². The van der Waals surface area contributed by atoms with Crippen LogP contribution in [0.5, 0.6) is 5.75 Å². The van der Waals surface area contributed by atoms with Crippen LogP contribution in [0.25, 0.3) is 0 Å². The molecule has 0 spiro atoms. The van der Waals surface area contributed by atoms with Gasteiger partial charge in [0.15, 0.2) is 0 Å². The van der Waals surface area contributed by atoms with Crippen molar-refractivity contribution in [2.75, 3.05) is 36.5 Å². The van der Waals surface area contributed by atoms with Gasteiger partial charge in [-0.2, -0.15) is 0 Å². The zero-order valence-corrected chi connectivity index (χ0v) is 18.2. The van der Waals surface area contributed by atoms with Crippen molar-refractivity contribution < 1.29 is 17.9 Å². The zero-order chi connectivity index (χ0) is 20.7. The van der Waals surface area contributed by atoms with Crippen LogP contribution in [0.15, 0.2) is 47.4 Å². The van der Waals surface area contributed by atoms with Crippen LogP contribution in [-0.2, 0) is 14.8 Å². The summed E-state index contributed by atoms with van der Waals surface area (Å²) in [4.78, 5) is 13.2. The van der Waals surface area contributed by atoms with E-state index >= 15 is 0 Å². The molecule has 0 fully saturated rings. The molecule has 0 saturated heterocycles. The summed E-state index contributed by atoms with van der Waals surface area (Å²) in [7, 11) is -3.59. The summed E-state index contributed by atoms with van der Waals surface area (Å²) < 4.78 is 31.1. The highest BCUT2D eigenvalue weighted by atomic mass is 32.2. The molecule has 1 N–H and O–H groups in total. The highest BCUT2D eigenvalue weighted by molar-refractivity contribution is 7.98. The van der Waals surface area contributed by atoms with Crippen LogP contribution in [-0.4, -0.2) is 46.5 Å². The third-order valence-corrected chi connectivity index (χ3v) is 5.92. The molecular weight excluding hydrogens is 396 g/mol. The number of sulfonamides is 1. The lowest BCUT2D eigenvalue weighted by Gasteiger charge is -2.22. The maximum absolute atomic E-state index is 12.3. The van der Waals surface area contributed by atoms with Crippen molar-refractivity contribution in [2.24, 2.45) is 0 Å². The van der Waals surface area contributed by atoms with E-state index in [9.17, 15) is 13.2 Å². The number of nitrogens with zero attached hydrogens (tertiary/aromatic N) is 1. The molecule has 2 rings (SSSR count). The number of amides is 1. The van der Waals surface area contributed by atoms with Gasteiger partial charge in [-0.15, -0.1) is 11.8 Å². The molecule has 0 aromatic heterocycles. The van der Waals surface area contributed by atoms with Crippen LogP contribution in [0, 0.1) is 13.8 Å². The fourth-order valence-corrected chi connectivity index (χ4v) is 3.87. The SMILES string of the molecule is CSc1cccc(N(CC(=O)NCCOc2cc(C)ccc2C)S(C)(=O)=O)c1. The Labute approximate surface area is 171 Å². The van der Waals surface area contributed by atoms with E-state index in [0.29, 0.717) is 12.3 Å². The van der Waals surface area contributed by atoms with Gasteiger partial charge in [0.05, 0.1) is 18.5 Å². The summed E-state index contributed by atoms with van der Waals surface area (Å²) in [6.07, 6.45) is 3.00. The Morgan fingerprint density at radius 3 is 2.61 bits per heavy atom. The number of thioether (sulfide) groups is 1. The third-order valence-electron chi connectivity index (χ3n) is 4.05. The molecule has 8 heteroatoms. The molecule has 0 saturated carbocycles. The Balaban J connectivity index is 1.94. The molecule has 1 amide bonds. The minimum absolute atomic E-state index is 0.278. The topological polar surface area (TPSA) is 75.7 Å². The smallest absolute Gasteiger partial charge is 0.240 e. The molecule has 2 aromatic carbocycles. The Morgan fingerprint density at radius 1 is 1.18 bits per heavy atom. The average Bonchev–Trinajstić information content (AvgIpc) is 2.65. The number of rotatable bonds is 9. The summed E-state index contributed by atoms with van der Waals surface area (Å²) in [6.45, 7) is 4.26. The monoisotopic (exact) mass is 422 g/mol. The molecule has 152 valence electrons. The van der Waals surface area contributed by atoms with Gasteiger partial charge >= 0.3 is 0 Å². The van der Waals surface area contributed by atoms with Gasteiger partial charge in [-0.1, -0.05) is 18.2 Å². The first-order chi connectivity index (χ1) is 13.2. The molecular formula is C20H26N2O4S2. The van der Waals surface area contributed by atoms with Crippen LogP contribution in [0.2, 0.25) is 0 Å². The van der Waals surface area contributed by atoms with E-state index in [2.05, 4.69) is 5.32 Å². The van der Waals surface area contributed by atoms with E-state index in [4.69, 9.17) is 4.74 Å². The van der Waals surface area contributed by atoms with Gasteiger partial charge in [-0.25, -0.2) is 8.42 Å². The number of hydrogen-bond donors (Lipinski definition) is 1. The number of anilines is 1. The molecule has 0 aliphatic rings. The molecule has 0 unspecified atom stereocenters. The van der Waals surface area contributed by atoms with Gasteiger partial charge < -0.3 is 10.1 Å². The first kappa shape index (κ1) is 22.1. The van der Waals surface area contributed by atoms with Gasteiger partial charge in [0, 0.05) is 4.90 Å². The number of aryl methyl sites for hydroxylation is 2. The molecule has 0 atom stereocenters. The highest BCUT2D eigenvalue weighted by Gasteiger charge is 2.21. The van der Waals surface area contributed by atoms with E-state index in [1.165, 1.54) is 11.8 Å². The summed E-state index contributed by atoms with van der Waals surface area (Å²) in [6, 6.07) is 13.0. The maximum Gasteiger partial charge on any atom is 0.240 e. The van der Waals surface area contributed by atoms with Crippen molar-refractivity contribution in [2.45, 2.75) is 18.7 Å². The van der Waals surface area contributed by atoms with Gasteiger partial charge in [0.2, 0.25) is 15.9 Å². The summed E-state index contributed by atoms with van der Waals surface area (Å²) >= 11 is 1.51. The second kappa shape index (κ2) is 9.84. The maximum atomic E-state index is 12.3. The Kier molecular flexibility index (Phi) is 7.77. The van der Waals surface area contributed by atoms with Crippen LogP contribution in [0.4, 0.5) is 5.69 Å². The van der Waals surface area contributed by atoms with Crippen molar-refractivity contribution in [3.05, 3.63) is 53.6 Å². The largest absolute Gasteiger partial charge is 0.491 e. The minimum Gasteiger partial charge on any atom is -0.491 e. The molecule has 0 bridgehead atoms. The summed E-state index contributed by atoms with van der Waals surface area (Å²) in [5.74, 6) is 0.394. The number of carbonyl (C=O) groups excluding carboxylic acids is 1. The Hall–Kier alpha value is -2.19. The van der Waals surface area contributed by atoms with E-state index in [1.54, 1.807) is 18.2 Å². The van der Waals surface area contributed by atoms with Crippen molar-refractivity contribution in [3.63, 3.8) is 0 Å². The van der Waals surface area contributed by atoms with Crippen molar-refractivity contribution in [1.82, 2.24) is 5.32 Å². The lowest BCUT2D eigenvalue weighted by molar-refractivity contribution is -0.119. The van der Waals surface area contributed by atoms with E-state index in [0.717, 1.165) is 32.3 Å². The van der Waals surface area contributed by atoms with E-state index in [1.807, 2.05) is 44.4 Å². The molecule has 2 aromatic rings. The predicted molar refractivity (Wildman–Crippen MR) is 115 cm³/mol. The molecule has 0 aliphatic heterocycles.